The van der Waals surface area contributed by atoms with E-state index in [0.29, 0.717) is 6.42 Å². The summed E-state index contributed by atoms with van der Waals surface area (Å²) in [6, 6.07) is 21.5. The number of hydrogen-bond donors (Lipinski definition) is 1. The maximum absolute atomic E-state index is 13.5. The maximum Gasteiger partial charge on any atom is 0.303 e. The second-order valence-electron chi connectivity index (χ2n) is 7.77. The molecule has 2 aromatic carbocycles. The molecule has 174 valence electrons. The molecule has 1 N–H and O–H groups in total. The Hall–Kier alpha value is -3.82. The molecule has 0 aliphatic rings. The molecular formula is C25H24N4O4S. The highest BCUT2D eigenvalue weighted by Crippen LogP contribution is 2.21. The number of carboxylic acids is 1. The zero-order valence-corrected chi connectivity index (χ0v) is 19.2. The van der Waals surface area contributed by atoms with Gasteiger partial charge >= 0.3 is 5.97 Å². The van der Waals surface area contributed by atoms with Gasteiger partial charge in [0, 0.05) is 38.1 Å². The lowest BCUT2D eigenvalue weighted by Gasteiger charge is -2.22. The van der Waals surface area contributed by atoms with Crippen molar-refractivity contribution in [3.8, 4) is 5.69 Å². The van der Waals surface area contributed by atoms with Gasteiger partial charge in [-0.2, -0.15) is 9.40 Å². The van der Waals surface area contributed by atoms with Crippen LogP contribution in [0.1, 0.15) is 23.1 Å². The molecule has 0 bridgehead atoms. The van der Waals surface area contributed by atoms with Crippen LogP contribution in [0.25, 0.3) is 5.69 Å². The number of pyridine rings is 1. The van der Waals surface area contributed by atoms with E-state index < -0.39 is 16.0 Å². The summed E-state index contributed by atoms with van der Waals surface area (Å²) in [5.74, 6) is -0.872. The quantitative estimate of drug-likeness (QED) is 0.374. The highest BCUT2D eigenvalue weighted by Gasteiger charge is 2.26. The minimum Gasteiger partial charge on any atom is -0.481 e. The fourth-order valence-electron chi connectivity index (χ4n) is 3.58. The molecule has 0 spiro atoms. The number of nitrogens with zero attached hydrogens (tertiary/aromatic N) is 4. The summed E-state index contributed by atoms with van der Waals surface area (Å²) < 4.78 is 30.0. The third kappa shape index (κ3) is 5.75. The second-order valence-corrected chi connectivity index (χ2v) is 9.66. The van der Waals surface area contributed by atoms with E-state index in [0.717, 1.165) is 22.4 Å². The number of sulfonamides is 1. The molecule has 4 aromatic rings. The van der Waals surface area contributed by atoms with Gasteiger partial charge in [0.15, 0.2) is 5.03 Å². The number of carbonyl (C=O) groups is 1. The molecule has 0 radical (unpaired) electrons. The van der Waals surface area contributed by atoms with E-state index in [1.807, 2.05) is 60.8 Å². The predicted octanol–water partition coefficient (Wildman–Crippen LogP) is 3.68. The Morgan fingerprint density at radius 3 is 2.32 bits per heavy atom. The lowest BCUT2D eigenvalue weighted by Crippen LogP contribution is -2.31. The van der Waals surface area contributed by atoms with Gasteiger partial charge in [-0.15, -0.1) is 0 Å². The fraction of sp³-hybridized carbons (Fsp3) is 0.160. The Labute approximate surface area is 198 Å². The Bertz CT molecular complexity index is 1340. The molecule has 34 heavy (non-hydrogen) atoms. The average Bonchev–Trinajstić information content (AvgIpc) is 3.39. The molecule has 0 aliphatic carbocycles. The molecule has 8 nitrogen and oxygen atoms in total. The molecule has 2 heterocycles. The summed E-state index contributed by atoms with van der Waals surface area (Å²) in [6.45, 7) is 0.276. The van der Waals surface area contributed by atoms with Crippen LogP contribution >= 0.6 is 0 Å². The van der Waals surface area contributed by atoms with Crippen molar-refractivity contribution in [3.05, 3.63) is 108 Å². The van der Waals surface area contributed by atoms with E-state index >= 15 is 0 Å². The third-order valence-corrected chi connectivity index (χ3v) is 6.99. The monoisotopic (exact) mass is 476 g/mol. The average molecular weight is 477 g/mol. The van der Waals surface area contributed by atoms with Crippen molar-refractivity contribution < 1.29 is 18.3 Å². The van der Waals surface area contributed by atoms with Crippen molar-refractivity contribution in [1.82, 2.24) is 19.1 Å². The molecule has 0 aliphatic heterocycles. The van der Waals surface area contributed by atoms with Crippen molar-refractivity contribution in [2.75, 3.05) is 0 Å². The summed E-state index contributed by atoms with van der Waals surface area (Å²) in [5.41, 5.74) is 3.31. The zero-order chi connectivity index (χ0) is 24.0. The molecule has 2 aromatic heterocycles. The summed E-state index contributed by atoms with van der Waals surface area (Å²) in [6.07, 6.45) is 5.38. The second kappa shape index (κ2) is 10.4. The Balaban J connectivity index is 1.61. The first-order chi connectivity index (χ1) is 16.4. The summed E-state index contributed by atoms with van der Waals surface area (Å²) >= 11 is 0. The number of rotatable bonds is 10. The Morgan fingerprint density at radius 2 is 1.65 bits per heavy atom. The largest absolute Gasteiger partial charge is 0.481 e. The van der Waals surface area contributed by atoms with Crippen LogP contribution in [0.3, 0.4) is 0 Å². The van der Waals surface area contributed by atoms with E-state index in [2.05, 4.69) is 10.1 Å². The van der Waals surface area contributed by atoms with Crippen LogP contribution in [0.5, 0.6) is 0 Å². The van der Waals surface area contributed by atoms with Crippen LogP contribution in [-0.2, 0) is 34.3 Å². The van der Waals surface area contributed by atoms with Gasteiger partial charge in [-0.25, -0.2) is 18.1 Å². The number of benzene rings is 2. The normalized spacial score (nSPS) is 11.6. The van der Waals surface area contributed by atoms with E-state index in [1.165, 1.54) is 16.6 Å². The predicted molar refractivity (Wildman–Crippen MR) is 127 cm³/mol. The van der Waals surface area contributed by atoms with Crippen LogP contribution in [0.15, 0.2) is 96.4 Å². The first-order valence-corrected chi connectivity index (χ1v) is 12.2. The number of aryl methyl sites for hydroxylation is 1. The highest BCUT2D eigenvalue weighted by molar-refractivity contribution is 7.89. The van der Waals surface area contributed by atoms with Gasteiger partial charge in [0.25, 0.3) is 10.0 Å². The number of aliphatic carboxylic acids is 1. The van der Waals surface area contributed by atoms with Gasteiger partial charge in [0.05, 0.1) is 5.69 Å². The third-order valence-electron chi connectivity index (χ3n) is 5.28. The van der Waals surface area contributed by atoms with Crippen LogP contribution in [0, 0.1) is 0 Å². The first-order valence-electron chi connectivity index (χ1n) is 10.7. The molecule has 0 saturated heterocycles. The van der Waals surface area contributed by atoms with Crippen LogP contribution in [0.2, 0.25) is 0 Å². The molecule has 4 rings (SSSR count). The van der Waals surface area contributed by atoms with E-state index in [1.54, 1.807) is 23.0 Å². The molecular weight excluding hydrogens is 452 g/mol. The van der Waals surface area contributed by atoms with Crippen LogP contribution in [-0.4, -0.2) is 38.6 Å². The summed E-state index contributed by atoms with van der Waals surface area (Å²) in [7, 11) is -3.88. The number of carboxylic acid groups (broad SMARTS) is 1. The van der Waals surface area contributed by atoms with Crippen LogP contribution in [0.4, 0.5) is 0 Å². The van der Waals surface area contributed by atoms with Crippen LogP contribution < -0.4 is 0 Å². The van der Waals surface area contributed by atoms with Crippen molar-refractivity contribution in [2.45, 2.75) is 31.0 Å². The SMILES string of the molecule is O=C(O)CCc1cccc(CN(Cc2ccc(-n3cccn3)cc2)S(=O)(=O)c2ccccn2)c1. The van der Waals surface area contributed by atoms with Crippen molar-refractivity contribution >= 4 is 16.0 Å². The van der Waals surface area contributed by atoms with Gasteiger partial charge in [0.2, 0.25) is 0 Å². The number of hydrogen-bond acceptors (Lipinski definition) is 5. The van der Waals surface area contributed by atoms with Gasteiger partial charge in [-0.3, -0.25) is 4.79 Å². The smallest absolute Gasteiger partial charge is 0.303 e. The van der Waals surface area contributed by atoms with E-state index in [-0.39, 0.29) is 24.5 Å². The molecule has 0 amide bonds. The maximum atomic E-state index is 13.5. The molecule has 0 saturated carbocycles. The highest BCUT2D eigenvalue weighted by atomic mass is 32.2. The molecule has 0 fully saturated rings. The van der Waals surface area contributed by atoms with Gasteiger partial charge in [-0.1, -0.05) is 42.5 Å². The van der Waals surface area contributed by atoms with Crippen molar-refractivity contribution in [1.29, 1.82) is 0 Å². The van der Waals surface area contributed by atoms with E-state index in [4.69, 9.17) is 5.11 Å². The fourth-order valence-corrected chi connectivity index (χ4v) is 4.92. The minimum absolute atomic E-state index is 0.0159. The van der Waals surface area contributed by atoms with E-state index in [9.17, 15) is 13.2 Å². The minimum atomic E-state index is -3.88. The Kier molecular flexibility index (Phi) is 7.15. The van der Waals surface area contributed by atoms with Crippen molar-refractivity contribution in [3.63, 3.8) is 0 Å². The van der Waals surface area contributed by atoms with Gasteiger partial charge in [-0.05, 0) is 53.4 Å². The van der Waals surface area contributed by atoms with Gasteiger partial charge < -0.3 is 5.11 Å². The zero-order valence-electron chi connectivity index (χ0n) is 18.4. The summed E-state index contributed by atoms with van der Waals surface area (Å²) in [4.78, 5) is 15.0. The number of aromatic nitrogens is 3. The lowest BCUT2D eigenvalue weighted by atomic mass is 10.1. The first kappa shape index (κ1) is 23.3. The molecule has 0 atom stereocenters. The standard InChI is InChI=1S/C25H24N4O4S/c30-25(31)13-10-20-5-3-6-22(17-20)19-28(34(32,33)24-7-1-2-14-26-24)18-21-8-11-23(12-9-21)29-16-4-15-27-29/h1-9,11-12,14-17H,10,13,18-19H2,(H,30,31). The van der Waals surface area contributed by atoms with Gasteiger partial charge in [0.1, 0.15) is 0 Å². The molecule has 0 unspecified atom stereocenters. The summed E-state index contributed by atoms with van der Waals surface area (Å²) in [5, 5.41) is 13.2. The molecule has 9 heteroatoms. The Morgan fingerprint density at radius 1 is 0.882 bits per heavy atom. The lowest BCUT2D eigenvalue weighted by molar-refractivity contribution is -0.136. The topological polar surface area (TPSA) is 105 Å². The van der Waals surface area contributed by atoms with Crippen molar-refractivity contribution in [2.24, 2.45) is 0 Å².